The van der Waals surface area contributed by atoms with Crippen molar-refractivity contribution in [3.05, 3.63) is 0 Å². The average Bonchev–Trinajstić information content (AvgIpc) is 2.36. The van der Waals surface area contributed by atoms with Gasteiger partial charge >= 0.3 is 0 Å². The monoisotopic (exact) mass is 325 g/mol. The first-order valence-electron chi connectivity index (χ1n) is 7.51. The Bertz CT molecular complexity index is 356. The van der Waals surface area contributed by atoms with Gasteiger partial charge in [-0.2, -0.15) is 0 Å². The molecule has 0 aliphatic rings. The van der Waals surface area contributed by atoms with E-state index in [9.17, 15) is 17.8 Å². The molecule has 6 nitrogen and oxygen atoms in total. The van der Waals surface area contributed by atoms with Crippen molar-refractivity contribution in [3.8, 4) is 0 Å². The highest BCUT2D eigenvalue weighted by atomic mass is 32.2. The topological polar surface area (TPSA) is 131 Å². The summed E-state index contributed by atoms with van der Waals surface area (Å²) in [4.78, 5) is 11.5. The summed E-state index contributed by atoms with van der Waals surface area (Å²) in [5.74, 6) is -0.662. The number of hydrogen-bond donors (Lipinski definition) is 2. The second kappa shape index (κ2) is 13.2. The molecule has 0 fully saturated rings. The van der Waals surface area contributed by atoms with E-state index < -0.39 is 27.8 Å². The van der Waals surface area contributed by atoms with Crippen LogP contribution in [0.1, 0.15) is 71.1 Å². The molecule has 0 aliphatic heterocycles. The van der Waals surface area contributed by atoms with Crippen molar-refractivity contribution in [1.82, 2.24) is 6.15 Å². The number of ketones is 1. The van der Waals surface area contributed by atoms with Crippen LogP contribution in [0, 0.1) is 0 Å². The van der Waals surface area contributed by atoms with Gasteiger partial charge in [-0.1, -0.05) is 58.3 Å². The summed E-state index contributed by atoms with van der Waals surface area (Å²) in [6.45, 7) is 1.26. The minimum absolute atomic E-state index is 0. The van der Waals surface area contributed by atoms with Crippen molar-refractivity contribution in [2.24, 2.45) is 0 Å². The Morgan fingerprint density at radius 3 is 1.81 bits per heavy atom. The molecule has 21 heavy (non-hydrogen) atoms. The summed E-state index contributed by atoms with van der Waals surface area (Å²) in [5.41, 5.74) is 0. The summed E-state index contributed by atoms with van der Waals surface area (Å²) >= 11 is 0. The van der Waals surface area contributed by atoms with Crippen LogP contribution in [0.5, 0.6) is 0 Å². The predicted molar refractivity (Wildman–Crippen MR) is 83.4 cm³/mol. The first kappa shape index (κ1) is 22.8. The van der Waals surface area contributed by atoms with E-state index in [-0.39, 0.29) is 12.6 Å². The zero-order valence-electron chi connectivity index (χ0n) is 13.3. The zero-order chi connectivity index (χ0) is 15.4. The molecule has 0 aromatic carbocycles. The number of unbranched alkanes of at least 4 members (excludes halogenated alkanes) is 8. The minimum Gasteiger partial charge on any atom is -0.747 e. The molecular weight excluding hydrogens is 294 g/mol. The Labute approximate surface area is 128 Å². The molecule has 7 heteroatoms. The van der Waals surface area contributed by atoms with Crippen molar-refractivity contribution in [1.29, 1.82) is 0 Å². The lowest BCUT2D eigenvalue weighted by atomic mass is 10.0. The number of aliphatic hydroxyl groups is 1. The number of Topliss-reactive ketones (excluding diaryl/α,β-unsaturated/α-hetero) is 1. The zero-order valence-corrected chi connectivity index (χ0v) is 14.2. The van der Waals surface area contributed by atoms with E-state index in [0.29, 0.717) is 6.42 Å². The Kier molecular flexibility index (Phi) is 14.3. The third-order valence-electron chi connectivity index (χ3n) is 3.40. The minimum atomic E-state index is -4.72. The maximum Gasteiger partial charge on any atom is 0.152 e. The normalized spacial score (nSPS) is 12.7. The average molecular weight is 325 g/mol. The quantitative estimate of drug-likeness (QED) is 0.397. The van der Waals surface area contributed by atoms with Gasteiger partial charge in [0, 0.05) is 6.42 Å². The molecule has 0 bridgehead atoms. The van der Waals surface area contributed by atoms with Crippen molar-refractivity contribution < 1.29 is 22.9 Å². The molecular formula is C14H31NO5S. The fraction of sp³-hybridized carbons (Fsp3) is 0.929. The molecule has 1 unspecified atom stereocenters. The fourth-order valence-electron chi connectivity index (χ4n) is 2.12. The van der Waals surface area contributed by atoms with Crippen molar-refractivity contribution >= 4 is 15.9 Å². The Hall–Kier alpha value is -0.500. The van der Waals surface area contributed by atoms with E-state index in [1.165, 1.54) is 32.1 Å². The molecule has 0 spiro atoms. The Morgan fingerprint density at radius 1 is 1.00 bits per heavy atom. The lowest BCUT2D eigenvalue weighted by Crippen LogP contribution is -2.33. The van der Waals surface area contributed by atoms with Gasteiger partial charge < -0.3 is 15.8 Å². The van der Waals surface area contributed by atoms with Gasteiger partial charge in [-0.25, -0.2) is 8.42 Å². The fourth-order valence-corrected chi connectivity index (χ4v) is 2.75. The van der Waals surface area contributed by atoms with Gasteiger partial charge in [0.2, 0.25) is 0 Å². The van der Waals surface area contributed by atoms with Gasteiger partial charge in [0.1, 0.15) is 15.4 Å². The number of carbonyl (C=O) groups is 1. The molecule has 128 valence electrons. The summed E-state index contributed by atoms with van der Waals surface area (Å²) in [6, 6.07) is 0. The number of aliphatic hydroxyl groups excluding tert-OH is 1. The Morgan fingerprint density at radius 2 is 1.43 bits per heavy atom. The van der Waals surface area contributed by atoms with Crippen LogP contribution in [0.3, 0.4) is 0 Å². The first-order valence-corrected chi connectivity index (χ1v) is 8.99. The molecule has 5 N–H and O–H groups in total. The van der Waals surface area contributed by atoms with Crippen LogP contribution in [-0.4, -0.2) is 35.7 Å². The predicted octanol–water partition coefficient (Wildman–Crippen LogP) is 2.76. The van der Waals surface area contributed by atoms with Crippen LogP contribution in [-0.2, 0) is 14.9 Å². The van der Waals surface area contributed by atoms with Gasteiger partial charge in [0.15, 0.2) is 5.78 Å². The molecule has 0 rings (SSSR count). The first-order chi connectivity index (χ1) is 9.43. The maximum absolute atomic E-state index is 11.5. The van der Waals surface area contributed by atoms with Crippen LogP contribution in [0.25, 0.3) is 0 Å². The molecule has 0 heterocycles. The second-order valence-corrected chi connectivity index (χ2v) is 6.76. The molecule has 0 aromatic rings. The number of hydrogen-bond acceptors (Lipinski definition) is 5. The van der Waals surface area contributed by atoms with E-state index in [1.807, 2.05) is 0 Å². The van der Waals surface area contributed by atoms with Crippen LogP contribution >= 0.6 is 0 Å². The van der Waals surface area contributed by atoms with Gasteiger partial charge in [-0.3, -0.25) is 4.79 Å². The second-order valence-electron chi connectivity index (χ2n) is 5.21. The van der Waals surface area contributed by atoms with E-state index in [1.54, 1.807) is 0 Å². The number of quaternary nitrogens is 1. The summed E-state index contributed by atoms with van der Waals surface area (Å²) < 4.78 is 32.2. The van der Waals surface area contributed by atoms with Crippen molar-refractivity contribution in [2.45, 2.75) is 76.4 Å². The molecule has 0 saturated heterocycles. The summed E-state index contributed by atoms with van der Waals surface area (Å²) in [7, 11) is -4.72. The van der Waals surface area contributed by atoms with E-state index in [0.717, 1.165) is 19.3 Å². The third kappa shape index (κ3) is 11.8. The highest BCUT2D eigenvalue weighted by Gasteiger charge is 2.23. The van der Waals surface area contributed by atoms with Crippen LogP contribution in [0.15, 0.2) is 0 Å². The lowest BCUT2D eigenvalue weighted by molar-refractivity contribution is -0.119. The molecule has 0 amide bonds. The highest BCUT2D eigenvalue weighted by molar-refractivity contribution is 7.87. The van der Waals surface area contributed by atoms with Crippen molar-refractivity contribution in [2.75, 3.05) is 6.61 Å². The number of carbonyl (C=O) groups excluding carboxylic acids is 1. The summed E-state index contributed by atoms with van der Waals surface area (Å²) in [5, 5.41) is 6.99. The van der Waals surface area contributed by atoms with Crippen LogP contribution in [0.4, 0.5) is 0 Å². The molecule has 1 atom stereocenters. The lowest BCUT2D eigenvalue weighted by Gasteiger charge is -2.16. The molecule has 0 radical (unpaired) electrons. The van der Waals surface area contributed by atoms with Gasteiger partial charge in [0.25, 0.3) is 0 Å². The smallest absolute Gasteiger partial charge is 0.152 e. The molecule has 0 aliphatic carbocycles. The summed E-state index contributed by atoms with van der Waals surface area (Å²) in [6.07, 6.45) is 9.87. The highest BCUT2D eigenvalue weighted by Crippen LogP contribution is 2.12. The van der Waals surface area contributed by atoms with Crippen LogP contribution < -0.4 is 6.15 Å². The Balaban J connectivity index is 0. The molecule has 0 aromatic heterocycles. The van der Waals surface area contributed by atoms with Crippen molar-refractivity contribution in [3.63, 3.8) is 0 Å². The maximum atomic E-state index is 11.5. The van der Waals surface area contributed by atoms with Gasteiger partial charge in [0.05, 0.1) is 6.61 Å². The van der Waals surface area contributed by atoms with E-state index >= 15 is 0 Å². The van der Waals surface area contributed by atoms with E-state index in [2.05, 4.69) is 6.92 Å². The SMILES string of the molecule is CCCCCCCCCCCC(=O)C(CO)S(=O)(=O)[O-].[NH4+]. The third-order valence-corrected chi connectivity index (χ3v) is 4.51. The molecule has 0 saturated carbocycles. The standard InChI is InChI=1S/C14H28O5S.H3N/c1-2-3-4-5-6-7-8-9-10-11-13(16)14(12-15)20(17,18)19;/h14-15H,2-12H2,1H3,(H,17,18,19);1H3. The largest absolute Gasteiger partial charge is 0.747 e. The van der Waals surface area contributed by atoms with Gasteiger partial charge in [-0.05, 0) is 6.42 Å². The van der Waals surface area contributed by atoms with Crippen LogP contribution in [0.2, 0.25) is 0 Å². The number of rotatable bonds is 13. The van der Waals surface area contributed by atoms with Gasteiger partial charge in [-0.15, -0.1) is 0 Å². The van der Waals surface area contributed by atoms with E-state index in [4.69, 9.17) is 5.11 Å².